The molecule has 3 heterocycles. The first kappa shape index (κ1) is 40.3. The van der Waals surface area contributed by atoms with Crippen LogP contribution in [0.3, 0.4) is 0 Å². The summed E-state index contributed by atoms with van der Waals surface area (Å²) in [4.78, 5) is 24.1. The van der Waals surface area contributed by atoms with Crippen molar-refractivity contribution in [1.29, 1.82) is 0 Å². The van der Waals surface area contributed by atoms with E-state index in [0.29, 0.717) is 102 Å². The zero-order valence-electron chi connectivity index (χ0n) is 28.8. The van der Waals surface area contributed by atoms with Gasteiger partial charge in [0, 0.05) is 12.2 Å². The van der Waals surface area contributed by atoms with Crippen LogP contribution in [0.5, 0.6) is 23.0 Å². The fourth-order valence-corrected chi connectivity index (χ4v) is 4.15. The highest BCUT2D eigenvalue weighted by atomic mass is 16.6. The summed E-state index contributed by atoms with van der Waals surface area (Å²) in [6.07, 6.45) is 5.92. The predicted octanol–water partition coefficient (Wildman–Crippen LogP) is 3.39. The van der Waals surface area contributed by atoms with Gasteiger partial charge in [-0.25, -0.2) is 9.59 Å². The van der Waals surface area contributed by atoms with Crippen LogP contribution in [-0.4, -0.2) is 132 Å². The minimum absolute atomic E-state index is 0.105. The Morgan fingerprint density at radius 1 is 0.400 bits per heavy atom. The Morgan fingerprint density at radius 3 is 1.02 bits per heavy atom. The Bertz CT molecular complexity index is 1210. The van der Waals surface area contributed by atoms with Crippen molar-refractivity contribution in [2.75, 3.05) is 120 Å². The fourth-order valence-electron chi connectivity index (χ4n) is 4.15. The molecule has 0 aromatic heterocycles. The number of carbonyl (C=O) groups excluding carboxylic acids is 2. The molecule has 14 nitrogen and oxygen atoms in total. The van der Waals surface area contributed by atoms with Crippen LogP contribution in [0.15, 0.2) is 48.6 Å². The van der Waals surface area contributed by atoms with Gasteiger partial charge in [-0.3, -0.25) is 0 Å². The highest BCUT2D eigenvalue weighted by Gasteiger charge is 2.08. The van der Waals surface area contributed by atoms with E-state index < -0.39 is 11.9 Å². The quantitative estimate of drug-likeness (QED) is 0.421. The van der Waals surface area contributed by atoms with Crippen LogP contribution in [-0.2, 0) is 47.5 Å². The topological polar surface area (TPSA) is 145 Å². The number of hydrogen-bond acceptors (Lipinski definition) is 14. The molecule has 0 atom stereocenters. The standard InChI is InChI=1S/C36H48O14/c1-39-33-27-29-3-7-31(33)47-23-19-43-15-11-41-12-16-44-20-24-48-32-8-4-30(28-34(32)40-2)6-10-36(38)50-26-22-46-18-14-42-13-17-45-21-25-49-35(37)9-5-29/h3-10,27-28H,11-26H2,1-2H3/b9-5-,10-6?. The van der Waals surface area contributed by atoms with Gasteiger partial charge >= 0.3 is 11.9 Å². The minimum atomic E-state index is -0.494. The van der Waals surface area contributed by atoms with Gasteiger partial charge in [-0.2, -0.15) is 0 Å². The predicted molar refractivity (Wildman–Crippen MR) is 182 cm³/mol. The highest BCUT2D eigenvalue weighted by molar-refractivity contribution is 5.87. The Kier molecular flexibility index (Phi) is 20.7. The van der Waals surface area contributed by atoms with Gasteiger partial charge in [-0.05, 0) is 47.5 Å². The van der Waals surface area contributed by atoms with E-state index in [1.54, 1.807) is 62.8 Å². The molecule has 0 unspecified atom stereocenters. The molecule has 14 heteroatoms. The Labute approximate surface area is 293 Å². The maximum atomic E-state index is 12.1. The van der Waals surface area contributed by atoms with Crippen molar-refractivity contribution in [2.45, 2.75) is 0 Å². The molecule has 2 aromatic rings. The molecule has 0 radical (unpaired) electrons. The molecule has 276 valence electrons. The second-order valence-electron chi connectivity index (χ2n) is 10.2. The van der Waals surface area contributed by atoms with E-state index in [1.807, 2.05) is 0 Å². The van der Waals surface area contributed by atoms with Gasteiger partial charge in [0.1, 0.15) is 26.4 Å². The molecule has 0 amide bonds. The van der Waals surface area contributed by atoms with E-state index in [9.17, 15) is 9.59 Å². The molecule has 3 aliphatic rings. The molecule has 0 saturated heterocycles. The van der Waals surface area contributed by atoms with E-state index in [0.717, 1.165) is 11.1 Å². The summed E-state index contributed by atoms with van der Waals surface area (Å²) < 4.78 is 65.8. The maximum absolute atomic E-state index is 12.1. The summed E-state index contributed by atoms with van der Waals surface area (Å²) in [5, 5.41) is 0. The van der Waals surface area contributed by atoms with Crippen LogP contribution in [0.2, 0.25) is 0 Å². The first-order valence-corrected chi connectivity index (χ1v) is 16.4. The van der Waals surface area contributed by atoms with Crippen molar-refractivity contribution in [3.63, 3.8) is 0 Å². The lowest BCUT2D eigenvalue weighted by molar-refractivity contribution is -0.140. The van der Waals surface area contributed by atoms with Gasteiger partial charge in [-0.15, -0.1) is 0 Å². The monoisotopic (exact) mass is 704 g/mol. The zero-order valence-corrected chi connectivity index (χ0v) is 28.8. The van der Waals surface area contributed by atoms with E-state index >= 15 is 0 Å². The van der Waals surface area contributed by atoms with Gasteiger partial charge in [0.15, 0.2) is 23.0 Å². The number of ether oxygens (including phenoxy) is 12. The van der Waals surface area contributed by atoms with Crippen LogP contribution >= 0.6 is 0 Å². The average Bonchev–Trinajstić information content (AvgIpc) is 3.13. The number of methoxy groups -OCH3 is 2. The summed E-state index contributed by atoms with van der Waals surface area (Å²) >= 11 is 0. The lowest BCUT2D eigenvalue weighted by Gasteiger charge is -2.12. The van der Waals surface area contributed by atoms with Crippen LogP contribution in [0.4, 0.5) is 0 Å². The molecule has 2 aromatic carbocycles. The average molecular weight is 705 g/mol. The number of fused-ring (bicyclic) bond motifs is 2. The molecular formula is C36H48O14. The second kappa shape index (κ2) is 25.7. The molecule has 0 N–H and O–H groups in total. The summed E-state index contributed by atoms with van der Waals surface area (Å²) in [6.45, 7) is 5.09. The Hall–Kier alpha value is -4.18. The summed E-state index contributed by atoms with van der Waals surface area (Å²) in [5.41, 5.74) is 1.48. The lowest BCUT2D eigenvalue weighted by atomic mass is 10.2. The number of benzene rings is 2. The first-order valence-electron chi connectivity index (χ1n) is 16.4. The Morgan fingerprint density at radius 2 is 0.700 bits per heavy atom. The highest BCUT2D eigenvalue weighted by Crippen LogP contribution is 2.29. The van der Waals surface area contributed by atoms with Gasteiger partial charge in [0.2, 0.25) is 0 Å². The van der Waals surface area contributed by atoms with Crippen molar-refractivity contribution < 1.29 is 66.4 Å². The summed E-state index contributed by atoms with van der Waals surface area (Å²) in [5.74, 6) is 1.17. The fraction of sp³-hybridized carbons (Fsp3) is 0.500. The van der Waals surface area contributed by atoms with E-state index in [-0.39, 0.29) is 26.4 Å². The maximum Gasteiger partial charge on any atom is 0.330 e. The third kappa shape index (κ3) is 17.5. The first-order chi connectivity index (χ1) is 24.6. The molecule has 0 aliphatic carbocycles. The second-order valence-corrected chi connectivity index (χ2v) is 10.2. The SMILES string of the molecule is COc1cc2ccc1OCCOCCOCCOCCOc1ccc(cc1OC)/C=C\C(=O)OCCOCCOCCOCCOC(=O)C=C2. The zero-order chi connectivity index (χ0) is 35.5. The van der Waals surface area contributed by atoms with Gasteiger partial charge < -0.3 is 56.8 Å². The molecule has 3 aliphatic heterocycles. The van der Waals surface area contributed by atoms with Gasteiger partial charge in [0.05, 0.1) is 93.5 Å². The van der Waals surface area contributed by atoms with Crippen molar-refractivity contribution >= 4 is 24.1 Å². The van der Waals surface area contributed by atoms with Crippen LogP contribution in [0.1, 0.15) is 11.1 Å². The van der Waals surface area contributed by atoms with Crippen LogP contribution < -0.4 is 18.9 Å². The third-order valence-corrected chi connectivity index (χ3v) is 6.60. The molecular weight excluding hydrogens is 656 g/mol. The number of rotatable bonds is 2. The molecule has 0 saturated carbocycles. The molecule has 50 heavy (non-hydrogen) atoms. The van der Waals surface area contributed by atoms with Crippen LogP contribution in [0.25, 0.3) is 12.2 Å². The van der Waals surface area contributed by atoms with E-state index in [2.05, 4.69) is 0 Å². The van der Waals surface area contributed by atoms with Crippen molar-refractivity contribution in [1.82, 2.24) is 0 Å². The largest absolute Gasteiger partial charge is 0.493 e. The lowest BCUT2D eigenvalue weighted by Crippen LogP contribution is -2.14. The summed E-state index contributed by atoms with van der Waals surface area (Å²) in [6, 6.07) is 10.7. The van der Waals surface area contributed by atoms with E-state index in [4.69, 9.17) is 56.8 Å². The number of carbonyl (C=O) groups is 2. The summed E-state index contributed by atoms with van der Waals surface area (Å²) in [7, 11) is 3.09. The normalized spacial score (nSPS) is 18.8. The molecule has 5 rings (SSSR count). The Balaban J connectivity index is 1.43. The number of hydrogen-bond donors (Lipinski definition) is 0. The molecule has 0 spiro atoms. The van der Waals surface area contributed by atoms with Crippen molar-refractivity contribution in [2.24, 2.45) is 0 Å². The third-order valence-electron chi connectivity index (χ3n) is 6.60. The minimum Gasteiger partial charge on any atom is -0.493 e. The molecule has 4 bridgehead atoms. The van der Waals surface area contributed by atoms with Gasteiger partial charge in [0.25, 0.3) is 0 Å². The smallest absolute Gasteiger partial charge is 0.330 e. The van der Waals surface area contributed by atoms with Crippen molar-refractivity contribution in [3.05, 3.63) is 59.7 Å². The van der Waals surface area contributed by atoms with Crippen molar-refractivity contribution in [3.8, 4) is 23.0 Å². The van der Waals surface area contributed by atoms with Gasteiger partial charge in [-0.1, -0.05) is 12.1 Å². The number of esters is 2. The molecule has 0 fully saturated rings. The van der Waals surface area contributed by atoms with Crippen LogP contribution in [0, 0.1) is 0 Å². The van der Waals surface area contributed by atoms with E-state index in [1.165, 1.54) is 12.2 Å².